The molecule has 1 N–H and O–H groups in total. The molecule has 0 bridgehead atoms. The van der Waals surface area contributed by atoms with Crippen LogP contribution < -0.4 is 18.9 Å². The molecule has 0 spiro atoms. The van der Waals surface area contributed by atoms with E-state index >= 15 is 0 Å². The molecular weight excluding hydrogens is 306 g/mol. The monoisotopic (exact) mass is 329 g/mol. The summed E-state index contributed by atoms with van der Waals surface area (Å²) in [6, 6.07) is 5.31. The van der Waals surface area contributed by atoms with Crippen LogP contribution in [0, 0.1) is 5.92 Å². The van der Waals surface area contributed by atoms with Crippen LogP contribution in [0.2, 0.25) is 0 Å². The van der Waals surface area contributed by atoms with Gasteiger partial charge in [0.2, 0.25) is 16.8 Å². The van der Waals surface area contributed by atoms with Gasteiger partial charge in [0.15, 0.2) is 11.5 Å². The summed E-state index contributed by atoms with van der Waals surface area (Å²) in [7, 11) is -3.22. The fourth-order valence-corrected chi connectivity index (χ4v) is 3.05. The van der Waals surface area contributed by atoms with E-state index < -0.39 is 10.0 Å². The third-order valence-corrected chi connectivity index (χ3v) is 4.68. The minimum absolute atomic E-state index is 0.0651. The van der Waals surface area contributed by atoms with Crippen molar-refractivity contribution in [2.45, 2.75) is 26.7 Å². The van der Waals surface area contributed by atoms with Crippen LogP contribution in [-0.2, 0) is 10.0 Å². The first-order chi connectivity index (χ1) is 10.5. The van der Waals surface area contributed by atoms with E-state index in [0.29, 0.717) is 42.7 Å². The number of nitrogens with one attached hydrogen (secondary N) is 1. The molecule has 0 amide bonds. The molecule has 1 heterocycles. The van der Waals surface area contributed by atoms with Crippen LogP contribution in [-0.4, -0.2) is 34.1 Å². The minimum atomic E-state index is -3.22. The summed E-state index contributed by atoms with van der Waals surface area (Å²) in [5.41, 5.74) is 0. The second-order valence-corrected chi connectivity index (χ2v) is 7.54. The van der Waals surface area contributed by atoms with Crippen molar-refractivity contribution in [3.05, 3.63) is 18.2 Å². The van der Waals surface area contributed by atoms with Crippen molar-refractivity contribution in [2.75, 3.05) is 25.7 Å². The number of ether oxygens (including phenoxy) is 3. The Morgan fingerprint density at radius 1 is 1.27 bits per heavy atom. The number of rotatable bonds is 9. The van der Waals surface area contributed by atoms with Crippen molar-refractivity contribution in [2.24, 2.45) is 5.92 Å². The van der Waals surface area contributed by atoms with Gasteiger partial charge in [-0.15, -0.1) is 0 Å². The Labute approximate surface area is 131 Å². The third-order valence-electron chi connectivity index (χ3n) is 3.21. The summed E-state index contributed by atoms with van der Waals surface area (Å²) in [6.45, 7) is 5.17. The maximum absolute atomic E-state index is 11.8. The summed E-state index contributed by atoms with van der Waals surface area (Å²) in [5.74, 6) is 2.55. The van der Waals surface area contributed by atoms with Gasteiger partial charge in [-0.1, -0.05) is 13.8 Å². The van der Waals surface area contributed by atoms with Gasteiger partial charge >= 0.3 is 0 Å². The van der Waals surface area contributed by atoms with E-state index in [1.165, 1.54) is 0 Å². The molecule has 1 aliphatic rings. The van der Waals surface area contributed by atoms with Crippen molar-refractivity contribution >= 4 is 10.0 Å². The van der Waals surface area contributed by atoms with E-state index in [4.69, 9.17) is 14.2 Å². The fourth-order valence-electron chi connectivity index (χ4n) is 1.98. The predicted octanol–water partition coefficient (Wildman–Crippen LogP) is 2.15. The molecule has 0 saturated heterocycles. The number of hydrogen-bond donors (Lipinski definition) is 1. The molecule has 1 aromatic rings. The second-order valence-electron chi connectivity index (χ2n) is 5.61. The SMILES string of the molecule is CC(C)CCNS(=O)(=O)CCCOc1ccc2c(c1)OCO2. The molecule has 2 rings (SSSR count). The fraction of sp³-hybridized carbons (Fsp3) is 0.600. The zero-order chi connectivity index (χ0) is 16.0. The minimum Gasteiger partial charge on any atom is -0.493 e. The highest BCUT2D eigenvalue weighted by Crippen LogP contribution is 2.35. The van der Waals surface area contributed by atoms with Crippen molar-refractivity contribution in [1.82, 2.24) is 4.72 Å². The Morgan fingerprint density at radius 3 is 2.82 bits per heavy atom. The molecule has 7 heteroatoms. The van der Waals surface area contributed by atoms with Crippen LogP contribution in [0.15, 0.2) is 18.2 Å². The van der Waals surface area contributed by atoms with Gasteiger partial charge in [-0.05, 0) is 30.9 Å². The standard InChI is InChI=1S/C15H23NO5S/c1-12(2)6-7-16-22(17,18)9-3-8-19-13-4-5-14-15(10-13)21-11-20-14/h4-5,10,12,16H,3,6-9,11H2,1-2H3. The maximum Gasteiger partial charge on any atom is 0.231 e. The zero-order valence-electron chi connectivity index (χ0n) is 13.0. The van der Waals surface area contributed by atoms with Gasteiger partial charge in [0.25, 0.3) is 0 Å². The molecule has 1 aromatic carbocycles. The van der Waals surface area contributed by atoms with Crippen LogP contribution in [0.4, 0.5) is 0 Å². The second kappa shape index (κ2) is 7.69. The van der Waals surface area contributed by atoms with Crippen molar-refractivity contribution in [3.63, 3.8) is 0 Å². The molecule has 6 nitrogen and oxygen atoms in total. The molecule has 22 heavy (non-hydrogen) atoms. The van der Waals surface area contributed by atoms with Crippen molar-refractivity contribution in [1.29, 1.82) is 0 Å². The van der Waals surface area contributed by atoms with E-state index in [2.05, 4.69) is 18.6 Å². The molecule has 1 aliphatic heterocycles. The normalized spacial score (nSPS) is 13.6. The first-order valence-electron chi connectivity index (χ1n) is 7.46. The number of hydrogen-bond acceptors (Lipinski definition) is 5. The average Bonchev–Trinajstić information content (AvgIpc) is 2.90. The van der Waals surface area contributed by atoms with Gasteiger partial charge in [-0.3, -0.25) is 0 Å². The highest BCUT2D eigenvalue weighted by atomic mass is 32.2. The van der Waals surface area contributed by atoms with Crippen molar-refractivity contribution < 1.29 is 22.6 Å². The van der Waals surface area contributed by atoms with E-state index in [0.717, 1.165) is 6.42 Å². The van der Waals surface area contributed by atoms with E-state index in [1.807, 2.05) is 0 Å². The molecule has 0 saturated carbocycles. The first kappa shape index (κ1) is 16.9. The average molecular weight is 329 g/mol. The lowest BCUT2D eigenvalue weighted by molar-refractivity contribution is 0.173. The molecule has 0 atom stereocenters. The predicted molar refractivity (Wildman–Crippen MR) is 83.9 cm³/mol. The summed E-state index contributed by atoms with van der Waals surface area (Å²) in [6.07, 6.45) is 1.28. The Morgan fingerprint density at radius 2 is 2.05 bits per heavy atom. The Bertz CT molecular complexity index is 586. The molecular formula is C15H23NO5S. The lowest BCUT2D eigenvalue weighted by Gasteiger charge is -2.09. The largest absolute Gasteiger partial charge is 0.493 e. The molecule has 0 fully saturated rings. The Kier molecular flexibility index (Phi) is 5.90. The van der Waals surface area contributed by atoms with Crippen LogP contribution in [0.1, 0.15) is 26.7 Å². The van der Waals surface area contributed by atoms with Crippen LogP contribution in [0.3, 0.4) is 0 Å². The highest BCUT2D eigenvalue weighted by molar-refractivity contribution is 7.89. The quantitative estimate of drug-likeness (QED) is 0.703. The molecule has 124 valence electrons. The molecule has 0 unspecified atom stereocenters. The first-order valence-corrected chi connectivity index (χ1v) is 9.11. The lowest BCUT2D eigenvalue weighted by atomic mass is 10.1. The lowest BCUT2D eigenvalue weighted by Crippen LogP contribution is -2.28. The highest BCUT2D eigenvalue weighted by Gasteiger charge is 2.14. The number of sulfonamides is 1. The third kappa shape index (κ3) is 5.38. The zero-order valence-corrected chi connectivity index (χ0v) is 13.8. The van der Waals surface area contributed by atoms with Crippen molar-refractivity contribution in [3.8, 4) is 17.2 Å². The Balaban J connectivity index is 1.68. The molecule has 0 aliphatic carbocycles. The summed E-state index contributed by atoms with van der Waals surface area (Å²) >= 11 is 0. The van der Waals surface area contributed by atoms with Gasteiger partial charge in [0, 0.05) is 12.6 Å². The van der Waals surface area contributed by atoms with E-state index in [-0.39, 0.29) is 12.5 Å². The van der Waals surface area contributed by atoms with E-state index in [1.54, 1.807) is 18.2 Å². The summed E-state index contributed by atoms with van der Waals surface area (Å²) in [5, 5.41) is 0. The maximum atomic E-state index is 11.8. The van der Waals surface area contributed by atoms with Gasteiger partial charge in [0.05, 0.1) is 12.4 Å². The summed E-state index contributed by atoms with van der Waals surface area (Å²) in [4.78, 5) is 0. The Hall–Kier alpha value is -1.47. The smallest absolute Gasteiger partial charge is 0.231 e. The van der Waals surface area contributed by atoms with Crippen LogP contribution >= 0.6 is 0 Å². The van der Waals surface area contributed by atoms with Gasteiger partial charge in [-0.25, -0.2) is 13.1 Å². The number of fused-ring (bicyclic) bond motifs is 1. The van der Waals surface area contributed by atoms with Crippen LogP contribution in [0.25, 0.3) is 0 Å². The van der Waals surface area contributed by atoms with Gasteiger partial charge in [0.1, 0.15) is 5.75 Å². The molecule has 0 radical (unpaired) electrons. The number of benzene rings is 1. The summed E-state index contributed by atoms with van der Waals surface area (Å²) < 4.78 is 42.2. The topological polar surface area (TPSA) is 73.9 Å². The molecule has 0 aromatic heterocycles. The van der Waals surface area contributed by atoms with E-state index in [9.17, 15) is 8.42 Å². The van der Waals surface area contributed by atoms with Gasteiger partial charge in [-0.2, -0.15) is 0 Å². The van der Waals surface area contributed by atoms with Crippen LogP contribution in [0.5, 0.6) is 17.2 Å². The van der Waals surface area contributed by atoms with Gasteiger partial charge < -0.3 is 14.2 Å².